The molecule has 3 heterocycles. The zero-order valence-corrected chi connectivity index (χ0v) is 17.7. The van der Waals surface area contributed by atoms with Gasteiger partial charge >= 0.3 is 5.97 Å². The van der Waals surface area contributed by atoms with Crippen molar-refractivity contribution in [1.29, 1.82) is 0 Å². The number of benzene rings is 1. The van der Waals surface area contributed by atoms with Gasteiger partial charge in [-0.25, -0.2) is 14.8 Å². The minimum atomic E-state index is -0.321. The lowest BCUT2D eigenvalue weighted by molar-refractivity contribution is 0.0531. The van der Waals surface area contributed by atoms with Gasteiger partial charge in [0.1, 0.15) is 21.3 Å². The summed E-state index contributed by atoms with van der Waals surface area (Å²) in [5.74, 6) is 1.09. The SMILES string of the molecule is CCOC(=O)c1sc2nc(Cc3ccccc3)nc(NCc3ccccn3)c2c1C. The van der Waals surface area contributed by atoms with Crippen molar-refractivity contribution in [1.82, 2.24) is 15.0 Å². The topological polar surface area (TPSA) is 77.0 Å². The average Bonchev–Trinajstić information content (AvgIpc) is 3.10. The Hall–Kier alpha value is -3.32. The Morgan fingerprint density at radius 1 is 1.10 bits per heavy atom. The molecule has 0 saturated heterocycles. The summed E-state index contributed by atoms with van der Waals surface area (Å²) >= 11 is 1.35. The van der Waals surface area contributed by atoms with Crippen molar-refractivity contribution < 1.29 is 9.53 Å². The predicted octanol–water partition coefficient (Wildman–Crippen LogP) is 4.77. The Balaban J connectivity index is 1.75. The molecule has 1 aromatic carbocycles. The van der Waals surface area contributed by atoms with Crippen molar-refractivity contribution in [3.63, 3.8) is 0 Å². The molecular formula is C23H22N4O2S. The summed E-state index contributed by atoms with van der Waals surface area (Å²) in [6.45, 7) is 4.58. The maximum atomic E-state index is 12.4. The number of fused-ring (bicyclic) bond motifs is 1. The van der Waals surface area contributed by atoms with E-state index in [-0.39, 0.29) is 5.97 Å². The van der Waals surface area contributed by atoms with Gasteiger partial charge in [-0.3, -0.25) is 4.98 Å². The van der Waals surface area contributed by atoms with Crippen LogP contribution >= 0.6 is 11.3 Å². The van der Waals surface area contributed by atoms with Gasteiger partial charge in [-0.1, -0.05) is 36.4 Å². The van der Waals surface area contributed by atoms with Gasteiger partial charge in [-0.15, -0.1) is 11.3 Å². The number of hydrogen-bond acceptors (Lipinski definition) is 7. The maximum Gasteiger partial charge on any atom is 0.348 e. The number of hydrogen-bond donors (Lipinski definition) is 1. The van der Waals surface area contributed by atoms with Crippen LogP contribution in [0.1, 0.15) is 39.2 Å². The van der Waals surface area contributed by atoms with Crippen LogP contribution in [0.5, 0.6) is 0 Å². The summed E-state index contributed by atoms with van der Waals surface area (Å²) < 4.78 is 5.23. The highest BCUT2D eigenvalue weighted by Crippen LogP contribution is 2.34. The highest BCUT2D eigenvalue weighted by molar-refractivity contribution is 7.20. The van der Waals surface area contributed by atoms with Crippen LogP contribution < -0.4 is 5.32 Å². The van der Waals surface area contributed by atoms with E-state index < -0.39 is 0 Å². The third kappa shape index (κ3) is 4.31. The Kier molecular flexibility index (Phi) is 5.99. The summed E-state index contributed by atoms with van der Waals surface area (Å²) in [4.78, 5) is 27.7. The zero-order valence-electron chi connectivity index (χ0n) is 16.9. The molecular weight excluding hydrogens is 396 g/mol. The monoisotopic (exact) mass is 418 g/mol. The number of aryl methyl sites for hydroxylation is 1. The van der Waals surface area contributed by atoms with E-state index in [2.05, 4.69) is 22.4 Å². The molecule has 6 nitrogen and oxygen atoms in total. The molecule has 0 saturated carbocycles. The molecule has 4 rings (SSSR count). The van der Waals surface area contributed by atoms with Gasteiger partial charge < -0.3 is 10.1 Å². The minimum Gasteiger partial charge on any atom is -0.462 e. The number of pyridine rings is 1. The molecule has 0 bridgehead atoms. The van der Waals surface area contributed by atoms with Crippen LogP contribution in [0.2, 0.25) is 0 Å². The predicted molar refractivity (Wildman–Crippen MR) is 119 cm³/mol. The van der Waals surface area contributed by atoms with Crippen molar-refractivity contribution in [2.24, 2.45) is 0 Å². The number of nitrogens with zero attached hydrogens (tertiary/aromatic N) is 3. The average molecular weight is 419 g/mol. The zero-order chi connectivity index (χ0) is 20.9. The second-order valence-corrected chi connectivity index (χ2v) is 7.78. The van der Waals surface area contributed by atoms with Gasteiger partial charge in [-0.2, -0.15) is 0 Å². The van der Waals surface area contributed by atoms with Crippen LogP contribution in [0.3, 0.4) is 0 Å². The lowest BCUT2D eigenvalue weighted by Crippen LogP contribution is -2.07. The van der Waals surface area contributed by atoms with E-state index in [9.17, 15) is 4.79 Å². The van der Waals surface area contributed by atoms with Crippen molar-refractivity contribution in [2.45, 2.75) is 26.8 Å². The van der Waals surface area contributed by atoms with Crippen LogP contribution in [0.15, 0.2) is 54.7 Å². The first-order chi connectivity index (χ1) is 14.7. The van der Waals surface area contributed by atoms with E-state index in [1.165, 1.54) is 11.3 Å². The fourth-order valence-electron chi connectivity index (χ4n) is 3.24. The Morgan fingerprint density at radius 2 is 1.90 bits per heavy atom. The highest BCUT2D eigenvalue weighted by Gasteiger charge is 2.21. The molecule has 0 fully saturated rings. The molecule has 0 spiro atoms. The second-order valence-electron chi connectivity index (χ2n) is 6.78. The first-order valence-corrected chi connectivity index (χ1v) is 10.6. The maximum absolute atomic E-state index is 12.4. The molecule has 152 valence electrons. The number of anilines is 1. The summed E-state index contributed by atoms with van der Waals surface area (Å²) in [6, 6.07) is 15.9. The van der Waals surface area contributed by atoms with Crippen molar-refractivity contribution in [2.75, 3.05) is 11.9 Å². The first-order valence-electron chi connectivity index (χ1n) is 9.80. The van der Waals surface area contributed by atoms with E-state index in [1.54, 1.807) is 13.1 Å². The summed E-state index contributed by atoms with van der Waals surface area (Å²) in [6.07, 6.45) is 2.38. The minimum absolute atomic E-state index is 0.321. The normalized spacial score (nSPS) is 10.9. The Bertz CT molecular complexity index is 1160. The van der Waals surface area contributed by atoms with E-state index >= 15 is 0 Å². The fourth-order valence-corrected chi connectivity index (χ4v) is 4.33. The number of carbonyl (C=O) groups is 1. The van der Waals surface area contributed by atoms with E-state index in [0.29, 0.717) is 36.1 Å². The molecule has 0 amide bonds. The van der Waals surface area contributed by atoms with Gasteiger partial charge in [0.15, 0.2) is 0 Å². The quantitative estimate of drug-likeness (QED) is 0.436. The molecule has 0 aliphatic carbocycles. The van der Waals surface area contributed by atoms with E-state index in [1.807, 2.05) is 43.3 Å². The van der Waals surface area contributed by atoms with Crippen LogP contribution in [0.25, 0.3) is 10.2 Å². The molecule has 0 aliphatic heterocycles. The van der Waals surface area contributed by atoms with Gasteiger partial charge in [0.2, 0.25) is 0 Å². The van der Waals surface area contributed by atoms with Crippen LogP contribution in [-0.2, 0) is 17.7 Å². The van der Waals surface area contributed by atoms with Gasteiger partial charge in [0.05, 0.1) is 24.2 Å². The lowest BCUT2D eigenvalue weighted by Gasteiger charge is -2.10. The smallest absolute Gasteiger partial charge is 0.348 e. The third-order valence-corrected chi connectivity index (χ3v) is 5.83. The van der Waals surface area contributed by atoms with Crippen LogP contribution in [0.4, 0.5) is 5.82 Å². The fraction of sp³-hybridized carbons (Fsp3) is 0.217. The van der Waals surface area contributed by atoms with E-state index in [4.69, 9.17) is 14.7 Å². The molecule has 0 atom stereocenters. The Labute approximate surface area is 179 Å². The summed E-state index contributed by atoms with van der Waals surface area (Å²) in [7, 11) is 0. The molecule has 7 heteroatoms. The summed E-state index contributed by atoms with van der Waals surface area (Å²) in [5, 5.41) is 4.25. The third-order valence-electron chi connectivity index (χ3n) is 4.67. The molecule has 4 aromatic rings. The lowest BCUT2D eigenvalue weighted by atomic mass is 10.1. The van der Waals surface area contributed by atoms with Crippen molar-refractivity contribution in [3.8, 4) is 0 Å². The molecule has 1 N–H and O–H groups in total. The second kappa shape index (κ2) is 9.00. The summed E-state index contributed by atoms with van der Waals surface area (Å²) in [5.41, 5.74) is 2.88. The van der Waals surface area contributed by atoms with Crippen LogP contribution in [0, 0.1) is 6.92 Å². The molecule has 0 unspecified atom stereocenters. The molecule has 30 heavy (non-hydrogen) atoms. The molecule has 0 radical (unpaired) electrons. The largest absolute Gasteiger partial charge is 0.462 e. The van der Waals surface area contributed by atoms with E-state index in [0.717, 1.165) is 27.0 Å². The van der Waals surface area contributed by atoms with Crippen molar-refractivity contribution in [3.05, 3.63) is 82.3 Å². The number of aromatic nitrogens is 3. The number of carbonyl (C=O) groups excluding carboxylic acids is 1. The Morgan fingerprint density at radius 3 is 2.63 bits per heavy atom. The number of nitrogens with one attached hydrogen (secondary N) is 1. The number of ether oxygens (including phenoxy) is 1. The number of rotatable bonds is 7. The first kappa shape index (κ1) is 20.0. The van der Waals surface area contributed by atoms with Crippen LogP contribution in [-0.4, -0.2) is 27.5 Å². The van der Waals surface area contributed by atoms with Crippen molar-refractivity contribution >= 4 is 33.3 Å². The number of thiophene rings is 1. The molecule has 3 aromatic heterocycles. The van der Waals surface area contributed by atoms with Gasteiger partial charge in [0.25, 0.3) is 0 Å². The highest BCUT2D eigenvalue weighted by atomic mass is 32.1. The molecule has 0 aliphatic rings. The standard InChI is InChI=1S/C23H22N4O2S/c1-3-29-23(28)20-15(2)19-21(25-14-17-11-7-8-12-24-17)26-18(27-22(19)30-20)13-16-9-5-4-6-10-16/h4-12H,3,13-14H2,1-2H3,(H,25,26,27). The van der Waals surface area contributed by atoms with Gasteiger partial charge in [0, 0.05) is 12.6 Å². The van der Waals surface area contributed by atoms with Gasteiger partial charge in [-0.05, 0) is 37.1 Å². The number of esters is 1.